The van der Waals surface area contributed by atoms with Gasteiger partial charge >= 0.3 is 0 Å². The van der Waals surface area contributed by atoms with Crippen LogP contribution in [0.5, 0.6) is 0 Å². The van der Waals surface area contributed by atoms with Crippen molar-refractivity contribution in [2.45, 2.75) is 85.0 Å². The third kappa shape index (κ3) is 14.2. The van der Waals surface area contributed by atoms with Gasteiger partial charge in [0.2, 0.25) is 0 Å². The Labute approximate surface area is 125 Å². The summed E-state index contributed by atoms with van der Waals surface area (Å²) in [5.74, 6) is 2.81. The Kier molecular flexibility index (Phi) is 14.4. The van der Waals surface area contributed by atoms with E-state index in [1.54, 1.807) is 6.92 Å². The summed E-state index contributed by atoms with van der Waals surface area (Å²) in [5, 5.41) is 0. The summed E-state index contributed by atoms with van der Waals surface area (Å²) in [7, 11) is 0. The van der Waals surface area contributed by atoms with Gasteiger partial charge < -0.3 is 0 Å². The third-order valence-electron chi connectivity index (χ3n) is 3.70. The fourth-order valence-electron chi connectivity index (χ4n) is 2.07. The van der Waals surface area contributed by atoms with Crippen molar-refractivity contribution < 1.29 is 4.79 Å². The van der Waals surface area contributed by atoms with Gasteiger partial charge in [0.25, 0.3) is 0 Å². The maximum Gasteiger partial charge on any atom is 0.133 e. The predicted molar refractivity (Wildman–Crippen MR) is 89.0 cm³/mol. The van der Waals surface area contributed by atoms with Gasteiger partial charge in [0.1, 0.15) is 5.78 Å². The molecule has 0 spiro atoms. The number of hydrogen-bond donors (Lipinski definition) is 0. The lowest BCUT2D eigenvalue weighted by Gasteiger charge is -2.06. The molecule has 2 heteroatoms. The molecule has 0 saturated heterocycles. The van der Waals surface area contributed by atoms with E-state index in [-0.39, 0.29) is 5.92 Å². The van der Waals surface area contributed by atoms with Crippen LogP contribution in [0.1, 0.15) is 85.0 Å². The van der Waals surface area contributed by atoms with Gasteiger partial charge in [-0.2, -0.15) is 11.8 Å². The Bertz CT molecular complexity index is 203. The molecule has 0 radical (unpaired) electrons. The number of thioether (sulfide) groups is 1. The van der Waals surface area contributed by atoms with Gasteiger partial charge in [0.15, 0.2) is 0 Å². The minimum absolute atomic E-state index is 0.244. The molecule has 0 aliphatic heterocycles. The van der Waals surface area contributed by atoms with Crippen molar-refractivity contribution in [3.63, 3.8) is 0 Å². The molecular formula is C17H34OS. The highest BCUT2D eigenvalue weighted by molar-refractivity contribution is 7.99. The molecular weight excluding hydrogens is 252 g/mol. The van der Waals surface area contributed by atoms with E-state index in [1.165, 1.54) is 70.0 Å². The molecule has 0 rings (SSSR count). The molecule has 0 aromatic carbocycles. The van der Waals surface area contributed by atoms with Gasteiger partial charge in [-0.3, -0.25) is 4.79 Å². The maximum absolute atomic E-state index is 11.1. The van der Waals surface area contributed by atoms with Crippen LogP contribution in [0, 0.1) is 5.92 Å². The number of rotatable bonds is 14. The largest absolute Gasteiger partial charge is 0.300 e. The van der Waals surface area contributed by atoms with Crippen LogP contribution in [0.25, 0.3) is 0 Å². The van der Waals surface area contributed by atoms with Crippen molar-refractivity contribution in [2.75, 3.05) is 11.5 Å². The lowest BCUT2D eigenvalue weighted by molar-refractivity contribution is -0.119. The van der Waals surface area contributed by atoms with Gasteiger partial charge in [0.05, 0.1) is 0 Å². The van der Waals surface area contributed by atoms with Crippen molar-refractivity contribution in [3.05, 3.63) is 0 Å². The molecule has 0 N–H and O–H groups in total. The van der Waals surface area contributed by atoms with Crippen LogP contribution in [0.4, 0.5) is 0 Å². The highest BCUT2D eigenvalue weighted by Crippen LogP contribution is 2.14. The number of ketones is 1. The van der Waals surface area contributed by atoms with Crippen molar-refractivity contribution >= 4 is 17.5 Å². The first-order valence-corrected chi connectivity index (χ1v) is 9.42. The number of carbonyl (C=O) groups is 1. The predicted octanol–water partition coefficient (Wildman–Crippen LogP) is 5.87. The zero-order valence-electron chi connectivity index (χ0n) is 13.4. The van der Waals surface area contributed by atoms with E-state index >= 15 is 0 Å². The molecule has 0 saturated carbocycles. The third-order valence-corrected chi connectivity index (χ3v) is 5.02. The molecule has 0 aromatic rings. The van der Waals surface area contributed by atoms with E-state index in [1.807, 2.05) is 18.7 Å². The smallest absolute Gasteiger partial charge is 0.133 e. The van der Waals surface area contributed by atoms with E-state index in [0.717, 1.165) is 5.75 Å². The van der Waals surface area contributed by atoms with E-state index in [9.17, 15) is 4.79 Å². The van der Waals surface area contributed by atoms with Crippen LogP contribution in [0.2, 0.25) is 0 Å². The molecule has 0 heterocycles. The fraction of sp³-hybridized carbons (Fsp3) is 0.941. The van der Waals surface area contributed by atoms with Crippen LogP contribution in [0.15, 0.2) is 0 Å². The van der Waals surface area contributed by atoms with E-state index < -0.39 is 0 Å². The molecule has 19 heavy (non-hydrogen) atoms. The minimum Gasteiger partial charge on any atom is -0.300 e. The Morgan fingerprint density at radius 2 is 1.37 bits per heavy atom. The number of Topliss-reactive ketones (excluding diaryl/α,β-unsaturated/α-hetero) is 1. The quantitative estimate of drug-likeness (QED) is 0.372. The molecule has 0 fully saturated rings. The first-order valence-electron chi connectivity index (χ1n) is 8.26. The zero-order valence-corrected chi connectivity index (χ0v) is 14.2. The summed E-state index contributed by atoms with van der Waals surface area (Å²) < 4.78 is 0. The second-order valence-corrected chi connectivity index (χ2v) is 6.92. The topological polar surface area (TPSA) is 17.1 Å². The Morgan fingerprint density at radius 1 is 0.895 bits per heavy atom. The molecule has 0 aliphatic rings. The van der Waals surface area contributed by atoms with Crippen LogP contribution in [0.3, 0.4) is 0 Å². The van der Waals surface area contributed by atoms with Gasteiger partial charge in [-0.25, -0.2) is 0 Å². The number of unbranched alkanes of at least 4 members (excludes halogenated alkanes) is 9. The molecule has 114 valence electrons. The highest BCUT2D eigenvalue weighted by Gasteiger charge is 2.06. The highest BCUT2D eigenvalue weighted by atomic mass is 32.2. The SMILES string of the molecule is CCCCCCCCCCCCSCC(C)C(C)=O. The number of hydrogen-bond acceptors (Lipinski definition) is 2. The second kappa shape index (κ2) is 14.4. The molecule has 0 amide bonds. The van der Waals surface area contributed by atoms with E-state index in [2.05, 4.69) is 6.92 Å². The summed E-state index contributed by atoms with van der Waals surface area (Å²) in [5.41, 5.74) is 0. The second-order valence-electron chi connectivity index (χ2n) is 5.77. The summed E-state index contributed by atoms with van der Waals surface area (Å²) in [6.07, 6.45) is 14.0. The van der Waals surface area contributed by atoms with Gasteiger partial charge in [-0.1, -0.05) is 71.6 Å². The van der Waals surface area contributed by atoms with Crippen molar-refractivity contribution in [1.82, 2.24) is 0 Å². The monoisotopic (exact) mass is 286 g/mol. The summed E-state index contributed by atoms with van der Waals surface area (Å²) in [6, 6.07) is 0. The van der Waals surface area contributed by atoms with Crippen LogP contribution in [-0.2, 0) is 4.79 Å². The lowest BCUT2D eigenvalue weighted by Crippen LogP contribution is -2.09. The van der Waals surface area contributed by atoms with Crippen molar-refractivity contribution in [2.24, 2.45) is 5.92 Å². The van der Waals surface area contributed by atoms with Gasteiger partial charge in [0, 0.05) is 11.7 Å². The van der Waals surface area contributed by atoms with Crippen LogP contribution < -0.4 is 0 Å². The minimum atomic E-state index is 0.244. The molecule has 1 nitrogen and oxygen atoms in total. The summed E-state index contributed by atoms with van der Waals surface area (Å²) >= 11 is 1.95. The van der Waals surface area contributed by atoms with Crippen molar-refractivity contribution in [3.8, 4) is 0 Å². The van der Waals surface area contributed by atoms with Gasteiger partial charge in [-0.05, 0) is 19.1 Å². The van der Waals surface area contributed by atoms with Crippen molar-refractivity contribution in [1.29, 1.82) is 0 Å². The Balaban J connectivity index is 3.05. The Hall–Kier alpha value is 0.0200. The molecule has 0 bridgehead atoms. The normalized spacial score (nSPS) is 12.6. The standard InChI is InChI=1S/C17H34OS/c1-4-5-6-7-8-9-10-11-12-13-14-19-15-16(2)17(3)18/h16H,4-15H2,1-3H3. The lowest BCUT2D eigenvalue weighted by atomic mass is 10.1. The first-order chi connectivity index (χ1) is 9.18. The molecule has 0 aliphatic carbocycles. The average molecular weight is 287 g/mol. The number of carbonyl (C=O) groups excluding carboxylic acids is 1. The zero-order chi connectivity index (χ0) is 14.3. The van der Waals surface area contributed by atoms with Gasteiger partial charge in [-0.15, -0.1) is 0 Å². The molecule has 1 unspecified atom stereocenters. The maximum atomic E-state index is 11.1. The Morgan fingerprint density at radius 3 is 1.84 bits per heavy atom. The van der Waals surface area contributed by atoms with Crippen LogP contribution >= 0.6 is 11.8 Å². The summed E-state index contributed by atoms with van der Waals surface area (Å²) in [4.78, 5) is 11.1. The van der Waals surface area contributed by atoms with Crippen LogP contribution in [-0.4, -0.2) is 17.3 Å². The molecule has 0 aromatic heterocycles. The van der Waals surface area contributed by atoms with E-state index in [4.69, 9.17) is 0 Å². The van der Waals surface area contributed by atoms with E-state index in [0.29, 0.717) is 5.78 Å². The molecule has 1 atom stereocenters. The summed E-state index contributed by atoms with van der Waals surface area (Å²) in [6.45, 7) is 6.01. The average Bonchev–Trinajstić information content (AvgIpc) is 2.39. The first kappa shape index (κ1) is 19.0. The fourth-order valence-corrected chi connectivity index (χ4v) is 3.23.